The largest absolute Gasteiger partial charge is 0.493 e. The van der Waals surface area contributed by atoms with Crippen LogP contribution in [0.25, 0.3) is 6.08 Å². The molecule has 0 aromatic heterocycles. The molecular weight excluding hydrogens is 334 g/mol. The summed E-state index contributed by atoms with van der Waals surface area (Å²) in [6, 6.07) is 12.8. The van der Waals surface area contributed by atoms with Gasteiger partial charge in [-0.2, -0.15) is 0 Å². The lowest BCUT2D eigenvalue weighted by Gasteiger charge is -2.10. The lowest BCUT2D eigenvalue weighted by molar-refractivity contribution is -0.116. The molecule has 6 heteroatoms. The lowest BCUT2D eigenvalue weighted by Crippen LogP contribution is -2.26. The number of carbonyl (C=O) groups is 1. The van der Waals surface area contributed by atoms with Crippen molar-refractivity contribution in [2.24, 2.45) is 0 Å². The van der Waals surface area contributed by atoms with Crippen molar-refractivity contribution in [1.82, 2.24) is 5.32 Å². The maximum atomic E-state index is 11.9. The van der Waals surface area contributed by atoms with E-state index in [1.54, 1.807) is 39.5 Å². The molecule has 2 aromatic carbocycles. The third kappa shape index (κ3) is 5.44. The number of para-hydroxylation sites is 2. The highest BCUT2D eigenvalue weighted by atomic mass is 16.5. The molecule has 0 aliphatic carbocycles. The Labute approximate surface area is 153 Å². The van der Waals surface area contributed by atoms with Gasteiger partial charge < -0.3 is 24.3 Å². The Balaban J connectivity index is 1.80. The number of hydrogen-bond acceptors (Lipinski definition) is 5. The van der Waals surface area contributed by atoms with Crippen LogP contribution in [0.2, 0.25) is 0 Å². The van der Waals surface area contributed by atoms with Gasteiger partial charge in [-0.15, -0.1) is 0 Å². The van der Waals surface area contributed by atoms with Gasteiger partial charge in [-0.3, -0.25) is 4.79 Å². The van der Waals surface area contributed by atoms with Crippen molar-refractivity contribution < 1.29 is 23.7 Å². The molecule has 1 amide bonds. The molecule has 0 bridgehead atoms. The molecule has 2 rings (SSSR count). The fraction of sp³-hybridized carbons (Fsp3) is 0.250. The van der Waals surface area contributed by atoms with E-state index in [0.29, 0.717) is 36.1 Å². The number of methoxy groups -OCH3 is 3. The number of amides is 1. The quantitative estimate of drug-likeness (QED) is 0.552. The third-order valence-electron chi connectivity index (χ3n) is 3.56. The number of carbonyl (C=O) groups excluding carboxylic acids is 1. The Hall–Kier alpha value is -3.15. The summed E-state index contributed by atoms with van der Waals surface area (Å²) in [5, 5.41) is 2.76. The van der Waals surface area contributed by atoms with Crippen LogP contribution in [0.5, 0.6) is 23.0 Å². The summed E-state index contributed by atoms with van der Waals surface area (Å²) >= 11 is 0. The molecule has 0 fully saturated rings. The van der Waals surface area contributed by atoms with Gasteiger partial charge in [-0.1, -0.05) is 18.2 Å². The summed E-state index contributed by atoms with van der Waals surface area (Å²) < 4.78 is 21.2. The Morgan fingerprint density at radius 1 is 0.923 bits per heavy atom. The summed E-state index contributed by atoms with van der Waals surface area (Å²) in [6.07, 6.45) is 3.17. The van der Waals surface area contributed by atoms with Crippen molar-refractivity contribution in [2.45, 2.75) is 0 Å². The van der Waals surface area contributed by atoms with Crippen molar-refractivity contribution in [3.63, 3.8) is 0 Å². The van der Waals surface area contributed by atoms with Crippen molar-refractivity contribution in [2.75, 3.05) is 34.5 Å². The van der Waals surface area contributed by atoms with Crippen LogP contribution in [0, 0.1) is 0 Å². The molecule has 2 aromatic rings. The van der Waals surface area contributed by atoms with Gasteiger partial charge in [0.2, 0.25) is 5.91 Å². The predicted molar refractivity (Wildman–Crippen MR) is 100 cm³/mol. The first kappa shape index (κ1) is 19.2. The van der Waals surface area contributed by atoms with Gasteiger partial charge in [0.1, 0.15) is 6.61 Å². The second-order valence-electron chi connectivity index (χ2n) is 5.24. The first-order valence-corrected chi connectivity index (χ1v) is 8.11. The van der Waals surface area contributed by atoms with E-state index < -0.39 is 0 Å². The molecule has 0 aliphatic heterocycles. The average molecular weight is 357 g/mol. The molecular formula is C20H23NO5. The van der Waals surface area contributed by atoms with Crippen molar-refractivity contribution in [3.8, 4) is 23.0 Å². The molecule has 1 N–H and O–H groups in total. The number of nitrogens with one attached hydrogen (secondary N) is 1. The van der Waals surface area contributed by atoms with Crippen LogP contribution in [0.15, 0.2) is 48.5 Å². The molecule has 138 valence electrons. The fourth-order valence-corrected chi connectivity index (χ4v) is 2.26. The van der Waals surface area contributed by atoms with Crippen LogP contribution >= 0.6 is 0 Å². The summed E-state index contributed by atoms with van der Waals surface area (Å²) in [5.41, 5.74) is 0.836. The number of ether oxygens (including phenoxy) is 4. The molecule has 6 nitrogen and oxygen atoms in total. The molecule has 0 radical (unpaired) electrons. The van der Waals surface area contributed by atoms with Gasteiger partial charge in [0.05, 0.1) is 27.9 Å². The van der Waals surface area contributed by atoms with Crippen LogP contribution < -0.4 is 24.3 Å². The molecule has 0 heterocycles. The Morgan fingerprint density at radius 3 is 2.27 bits per heavy atom. The van der Waals surface area contributed by atoms with Crippen molar-refractivity contribution in [3.05, 3.63) is 54.1 Å². The minimum Gasteiger partial charge on any atom is -0.493 e. The van der Waals surface area contributed by atoms with Gasteiger partial charge in [0.15, 0.2) is 23.0 Å². The number of benzene rings is 2. The van der Waals surface area contributed by atoms with Gasteiger partial charge in [0.25, 0.3) is 0 Å². The predicted octanol–water partition coefficient (Wildman–Crippen LogP) is 2.92. The summed E-state index contributed by atoms with van der Waals surface area (Å²) in [7, 11) is 4.73. The Kier molecular flexibility index (Phi) is 7.36. The van der Waals surface area contributed by atoms with E-state index in [4.69, 9.17) is 18.9 Å². The summed E-state index contributed by atoms with van der Waals surface area (Å²) in [5.74, 6) is 2.35. The highest BCUT2D eigenvalue weighted by Crippen LogP contribution is 2.28. The highest BCUT2D eigenvalue weighted by Gasteiger charge is 2.04. The zero-order chi connectivity index (χ0) is 18.8. The zero-order valence-electron chi connectivity index (χ0n) is 15.2. The van der Waals surface area contributed by atoms with Gasteiger partial charge in [0, 0.05) is 6.08 Å². The van der Waals surface area contributed by atoms with E-state index in [-0.39, 0.29) is 5.91 Å². The number of hydrogen-bond donors (Lipinski definition) is 1. The van der Waals surface area contributed by atoms with Gasteiger partial charge in [-0.25, -0.2) is 0 Å². The molecule has 0 spiro atoms. The first-order valence-electron chi connectivity index (χ1n) is 8.11. The van der Waals surface area contributed by atoms with Crippen LogP contribution in [-0.2, 0) is 4.79 Å². The maximum Gasteiger partial charge on any atom is 0.244 e. The van der Waals surface area contributed by atoms with E-state index in [2.05, 4.69) is 5.32 Å². The molecule has 0 saturated heterocycles. The molecule has 0 unspecified atom stereocenters. The topological polar surface area (TPSA) is 66.0 Å². The van der Waals surface area contributed by atoms with Gasteiger partial charge >= 0.3 is 0 Å². The standard InChI is InChI=1S/C20H23NO5/c1-23-16-6-4-5-7-18(16)26-13-12-21-20(22)11-9-15-8-10-17(24-2)19(14-15)25-3/h4-11,14H,12-13H2,1-3H3,(H,21,22)/b11-9+. The van der Waals surface area contributed by atoms with E-state index in [1.807, 2.05) is 30.3 Å². The van der Waals surface area contributed by atoms with Crippen LogP contribution in [0.3, 0.4) is 0 Å². The van der Waals surface area contributed by atoms with Crippen molar-refractivity contribution in [1.29, 1.82) is 0 Å². The normalized spacial score (nSPS) is 10.4. The smallest absolute Gasteiger partial charge is 0.244 e. The van der Waals surface area contributed by atoms with E-state index >= 15 is 0 Å². The lowest BCUT2D eigenvalue weighted by atomic mass is 10.2. The van der Waals surface area contributed by atoms with Crippen LogP contribution in [-0.4, -0.2) is 40.4 Å². The average Bonchev–Trinajstić information content (AvgIpc) is 2.69. The monoisotopic (exact) mass is 357 g/mol. The number of rotatable bonds is 9. The Morgan fingerprint density at radius 2 is 1.58 bits per heavy atom. The van der Waals surface area contributed by atoms with E-state index in [1.165, 1.54) is 6.08 Å². The van der Waals surface area contributed by atoms with E-state index in [9.17, 15) is 4.79 Å². The maximum absolute atomic E-state index is 11.9. The Bertz CT molecular complexity index is 758. The fourth-order valence-electron chi connectivity index (χ4n) is 2.26. The van der Waals surface area contributed by atoms with Crippen LogP contribution in [0.1, 0.15) is 5.56 Å². The second kappa shape index (κ2) is 9.98. The first-order chi connectivity index (χ1) is 12.7. The highest BCUT2D eigenvalue weighted by molar-refractivity contribution is 5.91. The van der Waals surface area contributed by atoms with Crippen molar-refractivity contribution >= 4 is 12.0 Å². The minimum absolute atomic E-state index is 0.205. The third-order valence-corrected chi connectivity index (χ3v) is 3.56. The molecule has 0 aliphatic rings. The SMILES string of the molecule is COc1ccc(/C=C/C(=O)NCCOc2ccccc2OC)cc1OC. The van der Waals surface area contributed by atoms with Crippen LogP contribution in [0.4, 0.5) is 0 Å². The van der Waals surface area contributed by atoms with E-state index in [0.717, 1.165) is 5.56 Å². The minimum atomic E-state index is -0.205. The summed E-state index contributed by atoms with van der Waals surface area (Å²) in [4.78, 5) is 11.9. The molecule has 26 heavy (non-hydrogen) atoms. The zero-order valence-corrected chi connectivity index (χ0v) is 15.2. The molecule has 0 saturated carbocycles. The molecule has 0 atom stereocenters. The second-order valence-corrected chi connectivity index (χ2v) is 5.24. The van der Waals surface area contributed by atoms with Gasteiger partial charge in [-0.05, 0) is 35.9 Å². The summed E-state index contributed by atoms with van der Waals surface area (Å²) in [6.45, 7) is 0.726.